The van der Waals surface area contributed by atoms with E-state index in [-0.39, 0.29) is 17.4 Å². The van der Waals surface area contributed by atoms with Crippen molar-refractivity contribution in [3.63, 3.8) is 0 Å². The summed E-state index contributed by atoms with van der Waals surface area (Å²) in [5.41, 5.74) is 2.02. The monoisotopic (exact) mass is 388 g/mol. The minimum atomic E-state index is -0.316. The number of benzene rings is 2. The van der Waals surface area contributed by atoms with Crippen molar-refractivity contribution < 1.29 is 14.4 Å². The van der Waals surface area contributed by atoms with E-state index >= 15 is 0 Å². The van der Waals surface area contributed by atoms with E-state index in [1.165, 1.54) is 0 Å². The number of piperidine rings is 1. The number of rotatable bonds is 4. The molecule has 2 aromatic carbocycles. The van der Waals surface area contributed by atoms with E-state index in [1.807, 2.05) is 47.4 Å². The van der Waals surface area contributed by atoms with Crippen LogP contribution in [0, 0.1) is 12.3 Å². The first-order valence-electron chi connectivity index (χ1n) is 9.97. The van der Waals surface area contributed by atoms with E-state index in [2.05, 4.69) is 5.92 Å². The topological polar surface area (TPSA) is 49.9 Å². The van der Waals surface area contributed by atoms with E-state index in [1.54, 1.807) is 17.2 Å². The van der Waals surface area contributed by atoms with Crippen molar-refractivity contribution in [3.05, 3.63) is 71.3 Å². The van der Waals surface area contributed by atoms with Crippen molar-refractivity contribution in [2.24, 2.45) is 0 Å². The number of nitrogens with zero attached hydrogens (tertiary/aromatic N) is 2. The molecule has 0 atom stereocenters. The van der Waals surface area contributed by atoms with Gasteiger partial charge in [-0.2, -0.15) is 0 Å². The van der Waals surface area contributed by atoms with Gasteiger partial charge in [0, 0.05) is 30.6 Å². The molecule has 2 heterocycles. The van der Waals surface area contributed by atoms with Crippen LogP contribution in [0.5, 0.6) is 0 Å². The number of hydrogen-bond donors (Lipinski definition) is 0. The van der Waals surface area contributed by atoms with Crippen LogP contribution < -0.4 is 0 Å². The average Bonchev–Trinajstić information content (AvgIpc) is 3.08. The van der Waals surface area contributed by atoms with E-state index in [0.29, 0.717) is 50.1 Å². The van der Waals surface area contributed by atoms with Crippen LogP contribution in [0.3, 0.4) is 0 Å². The molecule has 0 saturated carbocycles. The highest BCUT2D eigenvalue weighted by molar-refractivity contribution is 5.94. The highest BCUT2D eigenvalue weighted by Gasteiger charge is 2.48. The molecular weight excluding hydrogens is 364 g/mol. The molecule has 2 fully saturated rings. The molecule has 0 radical (unpaired) electrons. The van der Waals surface area contributed by atoms with Crippen LogP contribution in [0.2, 0.25) is 0 Å². The lowest BCUT2D eigenvalue weighted by Gasteiger charge is -2.43. The number of carbonyl (C=O) groups is 2. The third kappa shape index (κ3) is 3.90. The Morgan fingerprint density at radius 3 is 2.55 bits per heavy atom. The summed E-state index contributed by atoms with van der Waals surface area (Å²) in [7, 11) is 0. The van der Waals surface area contributed by atoms with Gasteiger partial charge in [0.05, 0.1) is 5.54 Å². The van der Waals surface area contributed by atoms with E-state index in [4.69, 9.17) is 11.3 Å². The molecule has 2 aliphatic heterocycles. The molecule has 0 N–H and O–H groups in total. The molecule has 29 heavy (non-hydrogen) atoms. The van der Waals surface area contributed by atoms with Gasteiger partial charge < -0.3 is 4.90 Å². The zero-order valence-electron chi connectivity index (χ0n) is 16.3. The van der Waals surface area contributed by atoms with Gasteiger partial charge in [0.1, 0.15) is 6.61 Å². The molecule has 0 aromatic heterocycles. The van der Waals surface area contributed by atoms with Gasteiger partial charge in [0.25, 0.3) is 5.91 Å². The van der Waals surface area contributed by atoms with Gasteiger partial charge in [-0.1, -0.05) is 42.3 Å². The molecule has 148 valence electrons. The Hall–Kier alpha value is -3.10. The third-order valence-corrected chi connectivity index (χ3v) is 5.92. The molecule has 4 rings (SSSR count). The Morgan fingerprint density at radius 2 is 1.83 bits per heavy atom. The molecule has 1 spiro atoms. The van der Waals surface area contributed by atoms with Gasteiger partial charge in [0.2, 0.25) is 5.91 Å². The summed E-state index contributed by atoms with van der Waals surface area (Å²) >= 11 is 0. The second-order valence-corrected chi connectivity index (χ2v) is 7.69. The minimum absolute atomic E-state index is 0.0157. The van der Waals surface area contributed by atoms with Crippen LogP contribution in [-0.2, 0) is 16.2 Å². The second kappa shape index (κ2) is 8.10. The van der Waals surface area contributed by atoms with Gasteiger partial charge in [-0.25, -0.2) is 5.06 Å². The minimum Gasteiger partial charge on any atom is -0.338 e. The van der Waals surface area contributed by atoms with Crippen molar-refractivity contribution in [3.8, 4) is 12.3 Å². The SMILES string of the molecule is C#Cc1cccc(C(=O)N2CCC3(CCC(=O)N3OCc3ccccc3)CC2)c1. The van der Waals surface area contributed by atoms with Crippen LogP contribution >= 0.6 is 0 Å². The Balaban J connectivity index is 1.42. The molecule has 5 nitrogen and oxygen atoms in total. The van der Waals surface area contributed by atoms with Crippen molar-refractivity contribution in [2.75, 3.05) is 13.1 Å². The molecule has 2 aromatic rings. The van der Waals surface area contributed by atoms with E-state index < -0.39 is 0 Å². The number of hydrogen-bond acceptors (Lipinski definition) is 3. The van der Waals surface area contributed by atoms with Crippen LogP contribution in [-0.4, -0.2) is 40.4 Å². The smallest absolute Gasteiger partial charge is 0.253 e. The predicted molar refractivity (Wildman–Crippen MR) is 110 cm³/mol. The second-order valence-electron chi connectivity index (χ2n) is 7.69. The number of hydroxylamine groups is 2. The van der Waals surface area contributed by atoms with Crippen molar-refractivity contribution >= 4 is 11.8 Å². The predicted octanol–water partition coefficient (Wildman–Crippen LogP) is 3.40. The highest BCUT2D eigenvalue weighted by Crippen LogP contribution is 2.39. The lowest BCUT2D eigenvalue weighted by molar-refractivity contribution is -0.221. The number of terminal acetylenes is 1. The van der Waals surface area contributed by atoms with Gasteiger partial charge in [-0.15, -0.1) is 6.42 Å². The van der Waals surface area contributed by atoms with Gasteiger partial charge in [-0.05, 0) is 43.0 Å². The molecule has 2 aliphatic rings. The molecule has 2 saturated heterocycles. The maximum Gasteiger partial charge on any atom is 0.253 e. The number of likely N-dealkylation sites (tertiary alicyclic amines) is 1. The largest absolute Gasteiger partial charge is 0.338 e. The molecule has 0 bridgehead atoms. The fourth-order valence-electron chi connectivity index (χ4n) is 4.23. The zero-order valence-corrected chi connectivity index (χ0v) is 16.3. The van der Waals surface area contributed by atoms with Crippen molar-refractivity contribution in [1.82, 2.24) is 9.96 Å². The summed E-state index contributed by atoms with van der Waals surface area (Å²) in [6.07, 6.45) is 8.15. The summed E-state index contributed by atoms with van der Waals surface area (Å²) in [5, 5.41) is 1.60. The standard InChI is InChI=1S/C24H24N2O3/c1-2-19-9-6-10-21(17-19)23(28)25-15-13-24(14-16-25)12-11-22(27)26(24)29-18-20-7-4-3-5-8-20/h1,3-10,17H,11-16,18H2. The Morgan fingerprint density at radius 1 is 1.07 bits per heavy atom. The lowest BCUT2D eigenvalue weighted by atomic mass is 9.85. The Bertz CT molecular complexity index is 940. The van der Waals surface area contributed by atoms with Crippen LogP contribution in [0.15, 0.2) is 54.6 Å². The third-order valence-electron chi connectivity index (χ3n) is 5.92. The number of carbonyl (C=O) groups excluding carboxylic acids is 2. The summed E-state index contributed by atoms with van der Waals surface area (Å²) in [4.78, 5) is 33.2. The molecule has 0 aliphatic carbocycles. The number of amides is 2. The van der Waals surface area contributed by atoms with E-state index in [9.17, 15) is 9.59 Å². The fourth-order valence-corrected chi connectivity index (χ4v) is 4.23. The zero-order chi connectivity index (χ0) is 20.3. The molecule has 5 heteroatoms. The van der Waals surface area contributed by atoms with Crippen LogP contribution in [0.4, 0.5) is 0 Å². The lowest BCUT2D eigenvalue weighted by Crippen LogP contribution is -2.54. The summed E-state index contributed by atoms with van der Waals surface area (Å²) in [5.74, 6) is 2.59. The maximum absolute atomic E-state index is 12.9. The van der Waals surface area contributed by atoms with Crippen molar-refractivity contribution in [1.29, 1.82) is 0 Å². The van der Waals surface area contributed by atoms with Gasteiger partial charge >= 0.3 is 0 Å². The summed E-state index contributed by atoms with van der Waals surface area (Å²) < 4.78 is 0. The summed E-state index contributed by atoms with van der Waals surface area (Å²) in [6.45, 7) is 1.56. The molecule has 0 unspecified atom stereocenters. The van der Waals surface area contributed by atoms with Gasteiger partial charge in [0.15, 0.2) is 0 Å². The average molecular weight is 388 g/mol. The Labute approximate surface area is 171 Å². The van der Waals surface area contributed by atoms with Crippen LogP contribution in [0.25, 0.3) is 0 Å². The molecular formula is C24H24N2O3. The quantitative estimate of drug-likeness (QED) is 0.755. The first kappa shape index (κ1) is 19.2. The Kier molecular flexibility index (Phi) is 5.37. The first-order chi connectivity index (χ1) is 14.1. The summed E-state index contributed by atoms with van der Waals surface area (Å²) in [6, 6.07) is 17.0. The van der Waals surface area contributed by atoms with Gasteiger partial charge in [-0.3, -0.25) is 14.4 Å². The fraction of sp³-hybridized carbons (Fsp3) is 0.333. The van der Waals surface area contributed by atoms with E-state index in [0.717, 1.165) is 12.0 Å². The van der Waals surface area contributed by atoms with Crippen molar-refractivity contribution in [2.45, 2.75) is 37.8 Å². The maximum atomic E-state index is 12.9. The van der Waals surface area contributed by atoms with Crippen LogP contribution in [0.1, 0.15) is 47.2 Å². The first-order valence-corrected chi connectivity index (χ1v) is 9.97. The highest BCUT2D eigenvalue weighted by atomic mass is 16.7. The molecule has 2 amide bonds. The normalized spacial score (nSPS) is 18.1.